The highest BCUT2D eigenvalue weighted by Gasteiger charge is 2.08. The number of hydrogen-bond acceptors (Lipinski definition) is 3. The highest BCUT2D eigenvalue weighted by Crippen LogP contribution is 2.09. The van der Waals surface area contributed by atoms with Crippen LogP contribution >= 0.6 is 0 Å². The highest BCUT2D eigenvalue weighted by molar-refractivity contribution is 5.43. The third kappa shape index (κ3) is 3.42. The van der Waals surface area contributed by atoms with Gasteiger partial charge in [-0.15, -0.1) is 0 Å². The molecule has 0 aliphatic carbocycles. The first-order valence-corrected chi connectivity index (χ1v) is 4.42. The van der Waals surface area contributed by atoms with Crippen LogP contribution in [-0.2, 0) is 6.54 Å². The van der Waals surface area contributed by atoms with E-state index in [0.29, 0.717) is 0 Å². The first-order chi connectivity index (χ1) is 5.99. The van der Waals surface area contributed by atoms with E-state index >= 15 is 0 Å². The Bertz CT molecular complexity index is 276. The van der Waals surface area contributed by atoms with E-state index in [0.717, 1.165) is 17.8 Å². The Balaban J connectivity index is 2.60. The molecule has 0 saturated heterocycles. The van der Waals surface area contributed by atoms with Crippen molar-refractivity contribution in [3.05, 3.63) is 24.0 Å². The molecule has 1 heterocycles. The minimum Gasteiger partial charge on any atom is -0.397 e. The summed E-state index contributed by atoms with van der Waals surface area (Å²) in [6, 6.07) is 1.94. The van der Waals surface area contributed by atoms with Gasteiger partial charge < -0.3 is 11.1 Å². The molecule has 72 valence electrons. The number of nitrogen functional groups attached to an aromatic ring is 1. The molecule has 3 N–H and O–H groups in total. The van der Waals surface area contributed by atoms with Gasteiger partial charge in [0.25, 0.3) is 0 Å². The van der Waals surface area contributed by atoms with Gasteiger partial charge in [-0.3, -0.25) is 4.98 Å². The minimum absolute atomic E-state index is 0.121. The number of nitrogens with two attached hydrogens (primary N) is 1. The smallest absolute Gasteiger partial charge is 0.0546 e. The predicted molar refractivity (Wildman–Crippen MR) is 55.2 cm³/mol. The summed E-state index contributed by atoms with van der Waals surface area (Å²) in [5, 5.41) is 3.37. The second-order valence-electron chi connectivity index (χ2n) is 4.18. The van der Waals surface area contributed by atoms with Gasteiger partial charge in [0.05, 0.1) is 11.9 Å². The fourth-order valence-corrected chi connectivity index (χ4v) is 0.957. The molecule has 0 aliphatic heterocycles. The molecule has 3 heteroatoms. The molecule has 0 radical (unpaired) electrons. The molecule has 13 heavy (non-hydrogen) atoms. The van der Waals surface area contributed by atoms with Gasteiger partial charge >= 0.3 is 0 Å². The van der Waals surface area contributed by atoms with Crippen molar-refractivity contribution in [1.82, 2.24) is 10.3 Å². The molecule has 0 amide bonds. The Labute approximate surface area is 79.4 Å². The Morgan fingerprint density at radius 3 is 2.69 bits per heavy atom. The zero-order chi connectivity index (χ0) is 9.90. The van der Waals surface area contributed by atoms with E-state index in [2.05, 4.69) is 31.1 Å². The summed E-state index contributed by atoms with van der Waals surface area (Å²) >= 11 is 0. The Hall–Kier alpha value is -1.09. The van der Waals surface area contributed by atoms with Crippen molar-refractivity contribution in [2.45, 2.75) is 32.9 Å². The van der Waals surface area contributed by atoms with Crippen LogP contribution in [0.3, 0.4) is 0 Å². The van der Waals surface area contributed by atoms with E-state index in [1.165, 1.54) is 0 Å². The van der Waals surface area contributed by atoms with Crippen LogP contribution in [0.5, 0.6) is 0 Å². The lowest BCUT2D eigenvalue weighted by Gasteiger charge is -2.20. The zero-order valence-corrected chi connectivity index (χ0v) is 8.46. The number of hydrogen-bond donors (Lipinski definition) is 2. The molecular weight excluding hydrogens is 162 g/mol. The van der Waals surface area contributed by atoms with Gasteiger partial charge in [0, 0.05) is 18.3 Å². The van der Waals surface area contributed by atoms with Gasteiger partial charge in [-0.2, -0.15) is 0 Å². The lowest BCUT2D eigenvalue weighted by molar-refractivity contribution is 0.424. The van der Waals surface area contributed by atoms with Gasteiger partial charge in [0.2, 0.25) is 0 Å². The maximum absolute atomic E-state index is 5.75. The minimum atomic E-state index is 0.121. The van der Waals surface area contributed by atoms with Crippen LogP contribution in [0.15, 0.2) is 18.5 Å². The van der Waals surface area contributed by atoms with E-state index in [1.807, 2.05) is 6.07 Å². The monoisotopic (exact) mass is 179 g/mol. The van der Waals surface area contributed by atoms with Crippen molar-refractivity contribution in [2.75, 3.05) is 5.73 Å². The van der Waals surface area contributed by atoms with Crippen molar-refractivity contribution >= 4 is 5.69 Å². The van der Waals surface area contributed by atoms with Gasteiger partial charge in [0.15, 0.2) is 0 Å². The van der Waals surface area contributed by atoms with Crippen LogP contribution in [0.1, 0.15) is 26.3 Å². The van der Waals surface area contributed by atoms with Gasteiger partial charge in [-0.1, -0.05) is 0 Å². The summed E-state index contributed by atoms with van der Waals surface area (Å²) in [5.41, 5.74) is 7.72. The number of anilines is 1. The second-order valence-corrected chi connectivity index (χ2v) is 4.18. The van der Waals surface area contributed by atoms with Crippen molar-refractivity contribution in [2.24, 2.45) is 0 Å². The molecular formula is C10H17N3. The van der Waals surface area contributed by atoms with Crippen LogP contribution in [0.25, 0.3) is 0 Å². The Morgan fingerprint density at radius 2 is 2.15 bits per heavy atom. The molecule has 0 fully saturated rings. The first-order valence-electron chi connectivity index (χ1n) is 4.42. The second kappa shape index (κ2) is 3.75. The van der Waals surface area contributed by atoms with Crippen LogP contribution in [0.2, 0.25) is 0 Å². The summed E-state index contributed by atoms with van der Waals surface area (Å²) in [6.45, 7) is 7.18. The third-order valence-electron chi connectivity index (χ3n) is 1.76. The molecule has 0 atom stereocenters. The average Bonchev–Trinajstić information content (AvgIpc) is 2.01. The van der Waals surface area contributed by atoms with Crippen LogP contribution < -0.4 is 11.1 Å². The lowest BCUT2D eigenvalue weighted by atomic mass is 10.1. The van der Waals surface area contributed by atoms with Gasteiger partial charge in [-0.25, -0.2) is 0 Å². The molecule has 1 aromatic rings. The normalized spacial score (nSPS) is 11.6. The summed E-state index contributed by atoms with van der Waals surface area (Å²) in [5.74, 6) is 0. The average molecular weight is 179 g/mol. The first kappa shape index (κ1) is 9.99. The maximum Gasteiger partial charge on any atom is 0.0546 e. The summed E-state index contributed by atoms with van der Waals surface area (Å²) in [7, 11) is 0. The highest BCUT2D eigenvalue weighted by atomic mass is 14.9. The standard InChI is InChI=1S/C10H17N3/c1-10(2,3)13-6-8-4-5-12-7-9(8)11/h4-5,7,13H,6,11H2,1-3H3. The SMILES string of the molecule is CC(C)(C)NCc1ccncc1N. The maximum atomic E-state index is 5.75. The molecule has 1 rings (SSSR count). The molecule has 0 aliphatic rings. The Kier molecular flexibility index (Phi) is 2.88. The lowest BCUT2D eigenvalue weighted by Crippen LogP contribution is -2.35. The molecule has 1 aromatic heterocycles. The fourth-order valence-electron chi connectivity index (χ4n) is 0.957. The number of aromatic nitrogens is 1. The molecule has 0 bridgehead atoms. The van der Waals surface area contributed by atoms with E-state index in [9.17, 15) is 0 Å². The van der Waals surface area contributed by atoms with Crippen molar-refractivity contribution < 1.29 is 0 Å². The quantitative estimate of drug-likeness (QED) is 0.724. The molecule has 0 aromatic carbocycles. The van der Waals surface area contributed by atoms with Gasteiger partial charge in [0.1, 0.15) is 0 Å². The van der Waals surface area contributed by atoms with Gasteiger partial charge in [-0.05, 0) is 32.4 Å². The number of rotatable bonds is 2. The fraction of sp³-hybridized carbons (Fsp3) is 0.500. The van der Waals surface area contributed by atoms with Crippen LogP contribution in [-0.4, -0.2) is 10.5 Å². The van der Waals surface area contributed by atoms with E-state index in [1.54, 1.807) is 12.4 Å². The van der Waals surface area contributed by atoms with Crippen molar-refractivity contribution in [3.8, 4) is 0 Å². The predicted octanol–water partition coefficient (Wildman–Crippen LogP) is 1.55. The van der Waals surface area contributed by atoms with E-state index < -0.39 is 0 Å². The number of nitrogens with zero attached hydrogens (tertiary/aromatic N) is 1. The number of pyridine rings is 1. The summed E-state index contributed by atoms with van der Waals surface area (Å²) in [6.07, 6.45) is 3.44. The van der Waals surface area contributed by atoms with Crippen LogP contribution in [0.4, 0.5) is 5.69 Å². The summed E-state index contributed by atoms with van der Waals surface area (Å²) in [4.78, 5) is 3.94. The third-order valence-corrected chi connectivity index (χ3v) is 1.76. The molecule has 0 saturated carbocycles. The largest absolute Gasteiger partial charge is 0.397 e. The van der Waals surface area contributed by atoms with Crippen molar-refractivity contribution in [1.29, 1.82) is 0 Å². The topological polar surface area (TPSA) is 50.9 Å². The van der Waals surface area contributed by atoms with E-state index in [4.69, 9.17) is 5.73 Å². The molecule has 0 unspecified atom stereocenters. The molecule has 3 nitrogen and oxygen atoms in total. The Morgan fingerprint density at radius 1 is 1.46 bits per heavy atom. The zero-order valence-electron chi connectivity index (χ0n) is 8.46. The summed E-state index contributed by atoms with van der Waals surface area (Å²) < 4.78 is 0. The van der Waals surface area contributed by atoms with Crippen molar-refractivity contribution in [3.63, 3.8) is 0 Å². The number of nitrogens with one attached hydrogen (secondary N) is 1. The molecule has 0 spiro atoms. The van der Waals surface area contributed by atoms with Crippen LogP contribution in [0, 0.1) is 0 Å². The van der Waals surface area contributed by atoms with E-state index in [-0.39, 0.29) is 5.54 Å².